The maximum atomic E-state index is 12.5. The van der Waals surface area contributed by atoms with Crippen molar-refractivity contribution in [1.29, 1.82) is 0 Å². The molecule has 0 aromatic heterocycles. The first-order valence-electron chi connectivity index (χ1n) is 10.6. The van der Waals surface area contributed by atoms with Crippen molar-refractivity contribution in [2.45, 2.75) is 59.9 Å². The Morgan fingerprint density at radius 1 is 1.00 bits per heavy atom. The molecule has 2 aromatic carbocycles. The third kappa shape index (κ3) is 12.6. The summed E-state index contributed by atoms with van der Waals surface area (Å²) in [6, 6.07) is 20.2. The quantitative estimate of drug-likeness (QED) is 0.535. The van der Waals surface area contributed by atoms with Gasteiger partial charge in [-0.1, -0.05) is 93.6 Å². The minimum Gasteiger partial charge on any atom is -0.379 e. The van der Waals surface area contributed by atoms with Gasteiger partial charge in [0.05, 0.1) is 6.04 Å². The summed E-state index contributed by atoms with van der Waals surface area (Å²) in [4.78, 5) is 12.5. The zero-order chi connectivity index (χ0) is 22.1. The van der Waals surface area contributed by atoms with E-state index in [1.54, 1.807) is 0 Å². The topological polar surface area (TPSA) is 55.1 Å². The summed E-state index contributed by atoms with van der Waals surface area (Å²) in [7, 11) is 0. The van der Waals surface area contributed by atoms with E-state index in [9.17, 15) is 4.79 Å². The minimum atomic E-state index is -0.162. The Bertz CT molecular complexity index is 678. The highest BCUT2D eigenvalue weighted by Crippen LogP contribution is 2.15. The smallest absolute Gasteiger partial charge is 0.158 e. The predicted molar refractivity (Wildman–Crippen MR) is 133 cm³/mol. The minimum absolute atomic E-state index is 0. The molecule has 1 atom stereocenters. The number of hydrogen-bond acceptors (Lipinski definition) is 3. The lowest BCUT2D eigenvalue weighted by Gasteiger charge is -2.23. The van der Waals surface area contributed by atoms with Crippen molar-refractivity contribution >= 4 is 5.78 Å². The van der Waals surface area contributed by atoms with Crippen LogP contribution in [0.4, 0.5) is 0 Å². The maximum absolute atomic E-state index is 12.5. The van der Waals surface area contributed by atoms with Gasteiger partial charge in [0.15, 0.2) is 5.78 Å². The fraction of sp³-hybridized carbons (Fsp3) is 0.423. The van der Waals surface area contributed by atoms with Crippen LogP contribution in [0.15, 0.2) is 72.9 Å². The molecule has 0 heterocycles. The van der Waals surface area contributed by atoms with Crippen molar-refractivity contribution in [2.24, 2.45) is 11.7 Å². The fourth-order valence-corrected chi connectivity index (χ4v) is 2.88. The number of hydrogen-bond donors (Lipinski definition) is 2. The van der Waals surface area contributed by atoms with Crippen molar-refractivity contribution in [1.82, 2.24) is 5.32 Å². The van der Waals surface area contributed by atoms with Gasteiger partial charge in [-0.3, -0.25) is 4.79 Å². The van der Waals surface area contributed by atoms with Gasteiger partial charge in [0, 0.05) is 15.9 Å². The third-order valence-corrected chi connectivity index (χ3v) is 4.38. The van der Waals surface area contributed by atoms with Crippen molar-refractivity contribution < 1.29 is 9.07 Å². The van der Waals surface area contributed by atoms with Crippen LogP contribution in [0.2, 0.25) is 0 Å². The Kier molecular flexibility index (Phi) is 15.2. The van der Waals surface area contributed by atoms with Gasteiger partial charge < -0.3 is 11.1 Å². The van der Waals surface area contributed by atoms with E-state index in [4.69, 9.17) is 5.73 Å². The SMILES string of the molecule is C=C(C)NC(Cc1ccccc1)C(=O)C(CC)CC.CCN.Cc1ccccc1.[HH].[HH].[HH]. The van der Waals surface area contributed by atoms with Crippen molar-refractivity contribution in [3.8, 4) is 0 Å². The summed E-state index contributed by atoms with van der Waals surface area (Å²) in [5, 5.41) is 3.23. The lowest BCUT2D eigenvalue weighted by atomic mass is 9.90. The number of nitrogens with two attached hydrogens (primary N) is 1. The Labute approximate surface area is 182 Å². The zero-order valence-corrected chi connectivity index (χ0v) is 18.9. The van der Waals surface area contributed by atoms with Gasteiger partial charge >= 0.3 is 0 Å². The molecule has 0 fully saturated rings. The van der Waals surface area contributed by atoms with Crippen LogP contribution >= 0.6 is 0 Å². The van der Waals surface area contributed by atoms with Crippen molar-refractivity contribution in [3.63, 3.8) is 0 Å². The summed E-state index contributed by atoms with van der Waals surface area (Å²) in [5.41, 5.74) is 8.20. The molecule has 3 heteroatoms. The van der Waals surface area contributed by atoms with Gasteiger partial charge in [-0.2, -0.15) is 0 Å². The average Bonchev–Trinajstić information content (AvgIpc) is 2.70. The second-order valence-corrected chi connectivity index (χ2v) is 7.15. The average molecular weight is 403 g/mol. The van der Waals surface area contributed by atoms with Crippen LogP contribution in [0.3, 0.4) is 0 Å². The molecule has 3 nitrogen and oxygen atoms in total. The zero-order valence-electron chi connectivity index (χ0n) is 18.9. The predicted octanol–water partition coefficient (Wildman–Crippen LogP) is 6.42. The molecule has 0 saturated carbocycles. The molecule has 0 aliphatic carbocycles. The maximum Gasteiger partial charge on any atom is 0.158 e. The third-order valence-electron chi connectivity index (χ3n) is 4.38. The van der Waals surface area contributed by atoms with Crippen molar-refractivity contribution in [3.05, 3.63) is 84.1 Å². The largest absolute Gasteiger partial charge is 0.379 e. The number of carbonyl (C=O) groups excluding carboxylic acids is 1. The summed E-state index contributed by atoms with van der Waals surface area (Å²) in [5.74, 6) is 0.442. The second kappa shape index (κ2) is 16.6. The van der Waals surface area contributed by atoms with Crippen LogP contribution < -0.4 is 11.1 Å². The van der Waals surface area contributed by atoms with E-state index in [1.807, 2.05) is 50.2 Å². The number of Topliss-reactive ketones (excluding diaryl/α,β-unsaturated/α-hetero) is 1. The lowest BCUT2D eigenvalue weighted by molar-refractivity contribution is -0.125. The van der Waals surface area contributed by atoms with E-state index < -0.39 is 0 Å². The number of ketones is 1. The lowest BCUT2D eigenvalue weighted by Crippen LogP contribution is -2.40. The molecule has 0 spiro atoms. The molecule has 2 rings (SSSR count). The van der Waals surface area contributed by atoms with Crippen LogP contribution in [0.1, 0.15) is 55.9 Å². The molecular weight excluding hydrogens is 356 g/mol. The normalized spacial score (nSPS) is 10.7. The van der Waals surface area contributed by atoms with Crippen molar-refractivity contribution in [2.75, 3.05) is 6.54 Å². The Hall–Kier alpha value is -2.39. The number of carbonyl (C=O) groups is 1. The van der Waals surface area contributed by atoms with E-state index in [2.05, 4.69) is 56.9 Å². The molecule has 29 heavy (non-hydrogen) atoms. The molecule has 0 saturated heterocycles. The molecule has 0 bridgehead atoms. The first kappa shape index (κ1) is 26.6. The number of aryl methyl sites for hydroxylation is 1. The van der Waals surface area contributed by atoms with Gasteiger partial charge in [-0.15, -0.1) is 0 Å². The Balaban J connectivity index is -0.000000253. The second-order valence-electron chi connectivity index (χ2n) is 7.15. The molecular formula is C26H46N2O. The summed E-state index contributed by atoms with van der Waals surface area (Å²) < 4.78 is 0. The monoisotopic (exact) mass is 402 g/mol. The van der Waals surface area contributed by atoms with E-state index in [0.29, 0.717) is 5.78 Å². The number of rotatable bonds is 8. The summed E-state index contributed by atoms with van der Waals surface area (Å²) in [6.45, 7) is 14.7. The van der Waals surface area contributed by atoms with Gasteiger partial charge in [0.2, 0.25) is 0 Å². The highest BCUT2D eigenvalue weighted by molar-refractivity contribution is 5.86. The standard InChI is InChI=1S/C17H25NO.C7H8.C2H7N.3H2/c1-5-15(6-2)17(19)16(18-13(3)4)12-14-10-8-7-9-11-14;1-7-5-3-2-4-6-7;1-2-3;;;/h7-11,15-16,18H,3,5-6,12H2,1-2,4H3;2-6H,1H3;2-3H2,1H3;3*1H. The van der Waals surface area contributed by atoms with Crippen LogP contribution in [0, 0.1) is 12.8 Å². The van der Waals surface area contributed by atoms with Crippen LogP contribution in [0.5, 0.6) is 0 Å². The van der Waals surface area contributed by atoms with Gasteiger partial charge in [-0.05, 0) is 45.2 Å². The molecule has 0 amide bonds. The van der Waals surface area contributed by atoms with Crippen LogP contribution in [0.25, 0.3) is 0 Å². The van der Waals surface area contributed by atoms with Gasteiger partial charge in [0.25, 0.3) is 0 Å². The highest BCUT2D eigenvalue weighted by atomic mass is 16.1. The van der Waals surface area contributed by atoms with E-state index in [0.717, 1.165) is 31.5 Å². The molecule has 1 unspecified atom stereocenters. The summed E-state index contributed by atoms with van der Waals surface area (Å²) >= 11 is 0. The van der Waals surface area contributed by atoms with Crippen LogP contribution in [-0.2, 0) is 11.2 Å². The Morgan fingerprint density at radius 2 is 1.45 bits per heavy atom. The summed E-state index contributed by atoms with van der Waals surface area (Å²) in [6.07, 6.45) is 2.53. The number of allylic oxidation sites excluding steroid dienone is 1. The molecule has 0 aliphatic rings. The van der Waals surface area contributed by atoms with E-state index >= 15 is 0 Å². The molecule has 3 N–H and O–H groups in total. The van der Waals surface area contributed by atoms with Gasteiger partial charge in [0.1, 0.15) is 0 Å². The number of benzene rings is 2. The fourth-order valence-electron chi connectivity index (χ4n) is 2.88. The van der Waals surface area contributed by atoms with Crippen LogP contribution in [-0.4, -0.2) is 18.4 Å². The number of nitrogens with one attached hydrogen (secondary N) is 1. The Morgan fingerprint density at radius 3 is 1.79 bits per heavy atom. The molecule has 166 valence electrons. The first-order chi connectivity index (χ1) is 13.9. The first-order valence-corrected chi connectivity index (χ1v) is 10.6. The van der Waals surface area contributed by atoms with E-state index in [-0.39, 0.29) is 16.2 Å². The molecule has 0 aliphatic heterocycles. The highest BCUT2D eigenvalue weighted by Gasteiger charge is 2.24. The van der Waals surface area contributed by atoms with Gasteiger partial charge in [-0.25, -0.2) is 0 Å². The molecule has 2 aromatic rings. The van der Waals surface area contributed by atoms with E-state index in [1.165, 1.54) is 11.1 Å². The molecule has 0 radical (unpaired) electrons.